The Morgan fingerprint density at radius 3 is 2.59 bits per heavy atom. The highest BCUT2D eigenvalue weighted by Gasteiger charge is 2.48. The van der Waals surface area contributed by atoms with Crippen molar-refractivity contribution in [2.24, 2.45) is 0 Å². The molecule has 0 saturated carbocycles. The zero-order valence-corrected chi connectivity index (χ0v) is 20.1. The largest absolute Gasteiger partial charge is 0.456 e. The van der Waals surface area contributed by atoms with Crippen LogP contribution in [0.2, 0.25) is 5.02 Å². The van der Waals surface area contributed by atoms with Gasteiger partial charge in [0, 0.05) is 29.7 Å². The number of nitrogens with zero attached hydrogens (tertiary/aromatic N) is 5. The maximum atomic E-state index is 9.94. The van der Waals surface area contributed by atoms with Gasteiger partial charge < -0.3 is 24.3 Å². The highest BCUT2D eigenvalue weighted by Crippen LogP contribution is 2.33. The molecule has 6 heterocycles. The number of aromatic amines is 1. The van der Waals surface area contributed by atoms with Crippen LogP contribution in [0.15, 0.2) is 67.1 Å². The monoisotopic (exact) mass is 516 g/mol. The van der Waals surface area contributed by atoms with Gasteiger partial charge in [-0.2, -0.15) is 10.1 Å². The molecule has 1 aromatic carbocycles. The number of rotatable bonds is 5. The van der Waals surface area contributed by atoms with Gasteiger partial charge in [0.2, 0.25) is 0 Å². The Balaban J connectivity index is 1.11. The van der Waals surface area contributed by atoms with E-state index in [1.807, 2.05) is 54.9 Å². The van der Waals surface area contributed by atoms with E-state index >= 15 is 0 Å². The average molecular weight is 517 g/mol. The molecule has 2 aliphatic rings. The summed E-state index contributed by atoms with van der Waals surface area (Å²) in [5.74, 6) is 0.755. The number of ether oxygens (including phenoxy) is 3. The van der Waals surface area contributed by atoms with Crippen LogP contribution in [0.25, 0.3) is 39.4 Å². The predicted octanol–water partition coefficient (Wildman–Crippen LogP) is 3.43. The van der Waals surface area contributed by atoms with Crippen molar-refractivity contribution in [3.8, 4) is 34.2 Å². The van der Waals surface area contributed by atoms with Gasteiger partial charge in [-0.15, -0.1) is 0 Å². The molecule has 0 radical (unpaired) electrons. The first kappa shape index (κ1) is 22.4. The van der Waals surface area contributed by atoms with Crippen LogP contribution in [0, 0.1) is 0 Å². The van der Waals surface area contributed by atoms with Crippen molar-refractivity contribution in [3.63, 3.8) is 0 Å². The summed E-state index contributed by atoms with van der Waals surface area (Å²) in [6.07, 6.45) is 3.69. The summed E-state index contributed by atoms with van der Waals surface area (Å²) in [5, 5.41) is 14.6. The SMILES string of the molecule is O[C@@H]1COC2C1OC[C@H]2Oc1nc2nc(-c3ccc(-c4ccc(-n5cccn5)nc4)cc3)c(Cl)cc2[nH]1. The van der Waals surface area contributed by atoms with E-state index in [-0.39, 0.29) is 24.9 Å². The third-order valence-electron chi connectivity index (χ3n) is 6.63. The molecule has 2 aliphatic heterocycles. The summed E-state index contributed by atoms with van der Waals surface area (Å²) in [4.78, 5) is 16.8. The van der Waals surface area contributed by atoms with Crippen LogP contribution >= 0.6 is 11.6 Å². The van der Waals surface area contributed by atoms with Gasteiger partial charge in [-0.1, -0.05) is 35.9 Å². The van der Waals surface area contributed by atoms with Crippen LogP contribution in [-0.2, 0) is 9.47 Å². The molecule has 0 spiro atoms. The van der Waals surface area contributed by atoms with Gasteiger partial charge in [0.1, 0.15) is 18.3 Å². The maximum Gasteiger partial charge on any atom is 0.296 e. The molecular formula is C26H21ClN6O4. The fraction of sp³-hybridized carbons (Fsp3) is 0.231. The molecule has 11 heteroatoms. The molecule has 2 fully saturated rings. The first-order valence-corrected chi connectivity index (χ1v) is 12.2. The maximum absolute atomic E-state index is 9.94. The standard InChI is InChI=1S/C26H21ClN6O4/c27-17-10-18-25(32-26(30-18)37-20-13-36-23-19(34)12-35-24(20)23)31-22(17)15-4-2-14(3-5-15)16-6-7-21(28-11-16)33-9-1-8-29-33/h1-11,19-20,23-24,34H,12-13H2,(H,30,31,32)/t19-,20-,23?,24?/m1/s1. The first-order valence-electron chi connectivity index (χ1n) is 11.8. The molecule has 0 amide bonds. The third-order valence-corrected chi connectivity index (χ3v) is 6.92. The number of hydrogen-bond donors (Lipinski definition) is 2. The Kier molecular flexibility index (Phi) is 5.40. The van der Waals surface area contributed by atoms with Crippen molar-refractivity contribution in [3.05, 3.63) is 72.1 Å². The van der Waals surface area contributed by atoms with E-state index in [1.165, 1.54) is 0 Å². The summed E-state index contributed by atoms with van der Waals surface area (Å²) in [7, 11) is 0. The van der Waals surface area contributed by atoms with Crippen LogP contribution in [-0.4, -0.2) is 72.5 Å². The number of pyridine rings is 2. The number of aromatic nitrogens is 6. The van der Waals surface area contributed by atoms with E-state index < -0.39 is 6.10 Å². The number of hydrogen-bond acceptors (Lipinski definition) is 8. The second-order valence-corrected chi connectivity index (χ2v) is 9.39. The Morgan fingerprint density at radius 2 is 1.81 bits per heavy atom. The summed E-state index contributed by atoms with van der Waals surface area (Å²) in [6, 6.07) is 15.8. The minimum absolute atomic E-state index is 0.238. The third kappa shape index (κ3) is 4.04. The molecule has 4 aromatic heterocycles. The number of H-pyrrole nitrogens is 1. The number of imidazole rings is 1. The molecule has 186 valence electrons. The zero-order valence-electron chi connectivity index (χ0n) is 19.4. The van der Waals surface area contributed by atoms with Crippen molar-refractivity contribution in [1.82, 2.24) is 29.7 Å². The highest BCUT2D eigenvalue weighted by molar-refractivity contribution is 6.33. The number of benzene rings is 1. The molecule has 2 unspecified atom stereocenters. The van der Waals surface area contributed by atoms with E-state index in [2.05, 4.69) is 25.0 Å². The molecule has 4 atom stereocenters. The fourth-order valence-corrected chi connectivity index (χ4v) is 5.02. The molecule has 5 aromatic rings. The van der Waals surface area contributed by atoms with Gasteiger partial charge in [-0.3, -0.25) is 0 Å². The summed E-state index contributed by atoms with van der Waals surface area (Å²) < 4.78 is 18.9. The fourth-order valence-electron chi connectivity index (χ4n) is 4.76. The molecule has 2 N–H and O–H groups in total. The number of halogens is 1. The van der Waals surface area contributed by atoms with Gasteiger partial charge in [-0.05, 0) is 29.8 Å². The van der Waals surface area contributed by atoms with Gasteiger partial charge >= 0.3 is 0 Å². The van der Waals surface area contributed by atoms with Gasteiger partial charge in [0.05, 0.1) is 29.4 Å². The van der Waals surface area contributed by atoms with Crippen LogP contribution in [0.1, 0.15) is 0 Å². The molecule has 37 heavy (non-hydrogen) atoms. The van der Waals surface area contributed by atoms with Gasteiger partial charge in [-0.25, -0.2) is 14.6 Å². The topological polar surface area (TPSA) is 120 Å². The van der Waals surface area contributed by atoms with Crippen LogP contribution < -0.4 is 4.74 Å². The lowest BCUT2D eigenvalue weighted by molar-refractivity contribution is 0.00706. The van der Waals surface area contributed by atoms with Crippen molar-refractivity contribution in [2.45, 2.75) is 24.4 Å². The Hall–Kier alpha value is -3.83. The Labute approximate surface area is 215 Å². The van der Waals surface area contributed by atoms with E-state index in [0.717, 1.165) is 22.5 Å². The Bertz CT molecular complexity index is 1560. The van der Waals surface area contributed by atoms with Gasteiger partial charge in [0.25, 0.3) is 6.01 Å². The van der Waals surface area contributed by atoms with Crippen LogP contribution in [0.5, 0.6) is 6.01 Å². The summed E-state index contributed by atoms with van der Waals surface area (Å²) >= 11 is 6.59. The van der Waals surface area contributed by atoms with Gasteiger partial charge in [0.15, 0.2) is 17.6 Å². The molecular weight excluding hydrogens is 496 g/mol. The second kappa shape index (κ2) is 8.93. The first-order chi connectivity index (χ1) is 18.1. The highest BCUT2D eigenvalue weighted by atomic mass is 35.5. The minimum Gasteiger partial charge on any atom is -0.456 e. The smallest absolute Gasteiger partial charge is 0.296 e. The summed E-state index contributed by atoms with van der Waals surface area (Å²) in [5.41, 5.74) is 4.64. The normalized spacial score (nSPS) is 23.0. The predicted molar refractivity (Wildman–Crippen MR) is 135 cm³/mol. The molecule has 2 saturated heterocycles. The summed E-state index contributed by atoms with van der Waals surface area (Å²) in [6.45, 7) is 0.554. The van der Waals surface area contributed by atoms with Crippen molar-refractivity contribution >= 4 is 22.8 Å². The number of aliphatic hydroxyl groups is 1. The minimum atomic E-state index is -0.638. The van der Waals surface area contributed by atoms with Crippen LogP contribution in [0.4, 0.5) is 0 Å². The second-order valence-electron chi connectivity index (χ2n) is 8.98. The number of fused-ring (bicyclic) bond motifs is 2. The Morgan fingerprint density at radius 1 is 1.00 bits per heavy atom. The van der Waals surface area contributed by atoms with E-state index in [0.29, 0.717) is 34.5 Å². The quantitative estimate of drug-likeness (QED) is 0.364. The molecule has 7 rings (SSSR count). The molecule has 0 aliphatic carbocycles. The van der Waals surface area contributed by atoms with E-state index in [1.54, 1.807) is 16.9 Å². The van der Waals surface area contributed by atoms with Crippen LogP contribution in [0.3, 0.4) is 0 Å². The number of nitrogens with one attached hydrogen (secondary N) is 1. The van der Waals surface area contributed by atoms with E-state index in [9.17, 15) is 5.11 Å². The average Bonchev–Trinajstić information content (AvgIpc) is 3.71. The van der Waals surface area contributed by atoms with Crippen molar-refractivity contribution in [1.29, 1.82) is 0 Å². The molecule has 0 bridgehead atoms. The van der Waals surface area contributed by atoms with E-state index in [4.69, 9.17) is 25.8 Å². The lowest BCUT2D eigenvalue weighted by atomic mass is 10.0. The number of aliphatic hydroxyl groups excluding tert-OH is 1. The lowest BCUT2D eigenvalue weighted by Gasteiger charge is -2.15. The van der Waals surface area contributed by atoms with Crippen molar-refractivity contribution in [2.75, 3.05) is 13.2 Å². The molecule has 10 nitrogen and oxygen atoms in total. The zero-order chi connectivity index (χ0) is 24.9. The lowest BCUT2D eigenvalue weighted by Crippen LogP contribution is -2.34. The van der Waals surface area contributed by atoms with Crippen molar-refractivity contribution < 1.29 is 19.3 Å².